The second kappa shape index (κ2) is 21.9. The van der Waals surface area contributed by atoms with Gasteiger partial charge in [0.2, 0.25) is 53.2 Å². The van der Waals surface area contributed by atoms with E-state index in [1.165, 1.54) is 56.7 Å². The predicted octanol–water partition coefficient (Wildman–Crippen LogP) is -5.20. The van der Waals surface area contributed by atoms with Crippen molar-refractivity contribution in [2.75, 3.05) is 80.5 Å². The number of carbonyl (C=O) groups is 10. The van der Waals surface area contributed by atoms with Crippen molar-refractivity contribution in [1.82, 2.24) is 50.7 Å². The van der Waals surface area contributed by atoms with E-state index in [-0.39, 0.29) is 32.1 Å². The van der Waals surface area contributed by atoms with Crippen LogP contribution >= 0.6 is 0 Å². The maximum Gasteiger partial charge on any atom is 0.283 e. The van der Waals surface area contributed by atoms with Crippen molar-refractivity contribution in [3.05, 3.63) is 0 Å². The van der Waals surface area contributed by atoms with Crippen LogP contribution in [-0.2, 0) is 47.9 Å². The molecule has 3 heterocycles. The minimum absolute atomic E-state index is 0.202. The number of piperidine rings is 2. The number of nitrogens with zero attached hydrogens (tertiary/aromatic N) is 6. The van der Waals surface area contributed by atoms with E-state index in [2.05, 4.69) is 27.0 Å². The van der Waals surface area contributed by atoms with Gasteiger partial charge in [0.15, 0.2) is 6.04 Å². The summed E-state index contributed by atoms with van der Waals surface area (Å²) in [5.41, 5.74) is 8.70. The molecular weight excluding hydrogens is 797 g/mol. The Balaban J connectivity index is 1.85. The zero-order chi connectivity index (χ0) is 45.9. The highest BCUT2D eigenvalue weighted by atomic mass is 16.2. The van der Waals surface area contributed by atoms with E-state index in [4.69, 9.17) is 5.73 Å². The van der Waals surface area contributed by atoms with Gasteiger partial charge in [-0.25, -0.2) is 0 Å². The van der Waals surface area contributed by atoms with Gasteiger partial charge in [-0.1, -0.05) is 13.8 Å². The second-order valence-electron chi connectivity index (χ2n) is 17.0. The summed E-state index contributed by atoms with van der Waals surface area (Å²) in [6.07, 6.45) is 3.11. The Kier molecular flexibility index (Phi) is 18.0. The second-order valence-corrected chi connectivity index (χ2v) is 17.0. The van der Waals surface area contributed by atoms with Crippen LogP contribution < -0.4 is 32.7 Å². The lowest BCUT2D eigenvalue weighted by atomic mass is 9.99. The Bertz CT molecular complexity index is 1690. The molecule has 0 aromatic rings. The fourth-order valence-corrected chi connectivity index (χ4v) is 7.48. The molecule has 22 nitrogen and oxygen atoms in total. The summed E-state index contributed by atoms with van der Waals surface area (Å²) in [5, 5.41) is 10.4. The first-order chi connectivity index (χ1) is 28.5. The van der Waals surface area contributed by atoms with Crippen molar-refractivity contribution in [1.29, 1.82) is 0 Å². The predicted molar refractivity (Wildman–Crippen MR) is 219 cm³/mol. The maximum absolute atomic E-state index is 13.6. The Morgan fingerprint density at radius 2 is 1.10 bits per heavy atom. The molecule has 0 unspecified atom stereocenters. The fourth-order valence-electron chi connectivity index (χ4n) is 7.48. The van der Waals surface area contributed by atoms with Gasteiger partial charge in [-0.2, -0.15) is 0 Å². The van der Waals surface area contributed by atoms with Gasteiger partial charge in [0.25, 0.3) is 5.91 Å². The molecular formula is C39H67N12O10+. The van der Waals surface area contributed by atoms with Gasteiger partial charge >= 0.3 is 0 Å². The van der Waals surface area contributed by atoms with Gasteiger partial charge in [0, 0.05) is 47.8 Å². The van der Waals surface area contributed by atoms with Gasteiger partial charge in [-0.05, 0) is 58.3 Å². The number of hydrogen-bond acceptors (Lipinski definition) is 11. The molecule has 0 aliphatic carbocycles. The minimum atomic E-state index is -1.47. The molecule has 0 bridgehead atoms. The van der Waals surface area contributed by atoms with Gasteiger partial charge < -0.3 is 62.1 Å². The first-order valence-corrected chi connectivity index (χ1v) is 20.8. The molecule has 61 heavy (non-hydrogen) atoms. The van der Waals surface area contributed by atoms with Gasteiger partial charge in [-0.3, -0.25) is 47.9 Å². The normalized spacial score (nSPS) is 27.7. The van der Waals surface area contributed by atoms with Gasteiger partial charge in [0.05, 0.1) is 32.7 Å². The molecule has 9 N–H and O–H groups in total. The number of fused-ring (bicyclic) bond motifs is 2. The van der Waals surface area contributed by atoms with Crippen LogP contribution in [0.5, 0.6) is 0 Å². The summed E-state index contributed by atoms with van der Waals surface area (Å²) in [6, 6.07) is -5.11. The summed E-state index contributed by atoms with van der Waals surface area (Å²) in [7, 11) is 5.54. The van der Waals surface area contributed by atoms with Crippen molar-refractivity contribution in [2.45, 2.75) is 102 Å². The van der Waals surface area contributed by atoms with Gasteiger partial charge in [-0.15, -0.1) is 0 Å². The molecule has 0 spiro atoms. The number of carbonyl (C=O) groups excluding carboxylic acids is 10. The maximum atomic E-state index is 13.6. The number of hydrogen-bond donors (Lipinski definition) is 6. The number of rotatable bonds is 1. The van der Waals surface area contributed by atoms with Crippen LogP contribution in [0.15, 0.2) is 0 Å². The highest BCUT2D eigenvalue weighted by molar-refractivity contribution is 5.96. The number of amides is 10. The minimum Gasteiger partial charge on any atom is -0.352 e. The third kappa shape index (κ3) is 12.8. The van der Waals surface area contributed by atoms with E-state index in [9.17, 15) is 47.9 Å². The molecule has 3 saturated heterocycles. The van der Waals surface area contributed by atoms with Crippen molar-refractivity contribution in [2.24, 2.45) is 11.7 Å². The summed E-state index contributed by atoms with van der Waals surface area (Å²) in [4.78, 5) is 141. The van der Waals surface area contributed by atoms with E-state index in [0.717, 1.165) is 14.7 Å². The highest BCUT2D eigenvalue weighted by Crippen LogP contribution is 2.20. The Morgan fingerprint density at radius 3 is 1.59 bits per heavy atom. The average Bonchev–Trinajstić information content (AvgIpc) is 3.23. The van der Waals surface area contributed by atoms with Crippen molar-refractivity contribution >= 4 is 59.1 Å². The molecule has 342 valence electrons. The zero-order valence-electron chi connectivity index (χ0n) is 36.9. The Hall–Kier alpha value is -5.38. The largest absolute Gasteiger partial charge is 0.352 e. The Labute approximate surface area is 357 Å². The van der Waals surface area contributed by atoms with Crippen LogP contribution in [0.1, 0.15) is 66.2 Å². The van der Waals surface area contributed by atoms with Crippen LogP contribution in [0.25, 0.3) is 0 Å². The molecule has 3 rings (SSSR count). The Morgan fingerprint density at radius 1 is 0.623 bits per heavy atom. The topological polar surface area (TPSA) is 292 Å². The van der Waals surface area contributed by atoms with Crippen LogP contribution in [-0.4, -0.2) is 205 Å². The summed E-state index contributed by atoms with van der Waals surface area (Å²) in [5.74, 6) is -6.22. The smallest absolute Gasteiger partial charge is 0.283 e. The lowest BCUT2D eigenvalue weighted by molar-refractivity contribution is -0.403. The zero-order valence-corrected chi connectivity index (χ0v) is 36.9. The van der Waals surface area contributed by atoms with Gasteiger partial charge in [0.1, 0.15) is 29.7 Å². The molecule has 0 aromatic carbocycles. The lowest BCUT2D eigenvalue weighted by Gasteiger charge is -2.37. The molecule has 0 radical (unpaired) electrons. The number of nitrogens with two attached hydrogens (primary N) is 1. The third-order valence-electron chi connectivity index (χ3n) is 11.8. The molecule has 5 atom stereocenters. The standard InChI is InChI=1S/C39H66N12O10/c1-23(2)32-35(58)42-17-24(40)36(59)50-15-11-9-13-26(50)33(56)44-20-29(53)47(6)22-31(55)49(8)39(3,4)38(61)45-18-25(41)37(60)51-16-12-10-14-27(51)34(57)43-19-28(52)46(5)21-30(54)48(32)7/h23-27,32H,9-22,40-41H2,1-8H3,(H,42,58)(H,43,57)(H,44,56)(H,45,61)/p+1/t24-,25-,26+,27+,32+/m1/s1. The molecule has 0 aromatic heterocycles. The van der Waals surface area contributed by atoms with E-state index in [0.29, 0.717) is 38.5 Å². The average molecular weight is 864 g/mol. The SMILES string of the molecule is CC(C)[C@H]1C(=O)NC[C@@H]([NH3+])C(=O)N2CCCC[C@H]2C(=O)NCC(=O)N(C)CC(=O)N(C)C(C)(C)C(=O)NC[C@@H](N)C(=O)N2CCCC[C@H]2C(=O)NCC(=O)N(C)CC(=O)N1C. The number of likely N-dealkylation sites (N-methyl/N-ethyl adjacent to an activating group) is 4. The molecule has 10 amide bonds. The molecule has 0 saturated carbocycles. The monoisotopic (exact) mass is 864 g/mol. The van der Waals surface area contributed by atoms with E-state index >= 15 is 0 Å². The summed E-state index contributed by atoms with van der Waals surface area (Å²) >= 11 is 0. The van der Waals surface area contributed by atoms with Crippen LogP contribution in [0.3, 0.4) is 0 Å². The third-order valence-corrected chi connectivity index (χ3v) is 11.8. The van der Waals surface area contributed by atoms with Crippen LogP contribution in [0.2, 0.25) is 0 Å². The molecule has 3 aliphatic rings. The van der Waals surface area contributed by atoms with Crippen LogP contribution in [0, 0.1) is 5.92 Å². The fraction of sp³-hybridized carbons (Fsp3) is 0.744. The highest BCUT2D eigenvalue weighted by Gasteiger charge is 2.40. The number of nitrogens with one attached hydrogen (secondary N) is 4. The first kappa shape index (κ1) is 50.0. The van der Waals surface area contributed by atoms with Crippen molar-refractivity contribution < 1.29 is 53.7 Å². The lowest BCUT2D eigenvalue weighted by Crippen LogP contribution is -2.73. The van der Waals surface area contributed by atoms with Crippen LogP contribution in [0.4, 0.5) is 0 Å². The molecule has 3 fully saturated rings. The molecule has 22 heteroatoms. The summed E-state index contributed by atoms with van der Waals surface area (Å²) in [6.45, 7) is 4.53. The number of quaternary nitrogens is 1. The first-order valence-electron chi connectivity index (χ1n) is 20.8. The van der Waals surface area contributed by atoms with E-state index in [1.807, 2.05) is 0 Å². The quantitative estimate of drug-likeness (QED) is 0.145. The van der Waals surface area contributed by atoms with E-state index in [1.54, 1.807) is 13.8 Å². The van der Waals surface area contributed by atoms with Crippen molar-refractivity contribution in [3.63, 3.8) is 0 Å². The van der Waals surface area contributed by atoms with Crippen molar-refractivity contribution in [3.8, 4) is 0 Å². The summed E-state index contributed by atoms with van der Waals surface area (Å²) < 4.78 is 0. The molecule has 3 aliphatic heterocycles. The van der Waals surface area contributed by atoms with E-state index < -0.39 is 121 Å².